The molecular formula is C22H21ClN4O2S. The van der Waals surface area contributed by atoms with Gasteiger partial charge in [0.2, 0.25) is 11.8 Å². The van der Waals surface area contributed by atoms with Gasteiger partial charge in [-0.25, -0.2) is 4.98 Å². The van der Waals surface area contributed by atoms with E-state index in [9.17, 15) is 4.79 Å². The monoisotopic (exact) mass is 440 g/mol. The minimum absolute atomic E-state index is 0.164. The number of halogens is 1. The average Bonchev–Trinajstić information content (AvgIpc) is 3.17. The Kier molecular flexibility index (Phi) is 5.92. The van der Waals surface area contributed by atoms with E-state index in [0.717, 1.165) is 12.1 Å². The second-order valence-electron chi connectivity index (χ2n) is 7.10. The minimum atomic E-state index is -0.164. The molecule has 0 saturated heterocycles. The van der Waals surface area contributed by atoms with Crippen LogP contribution in [0.5, 0.6) is 0 Å². The molecule has 0 N–H and O–H groups in total. The standard InChI is InChI=1S/C22H21ClN4O2S/c1-4-13(2)15-5-8-17(9-6-15)27-21(28)18-11-16(23)7-10-19(18)24-22(27)30-12-20-26-25-14(3)29-20/h5-11,13H,4,12H2,1-3H3. The second-order valence-corrected chi connectivity index (χ2v) is 8.48. The van der Waals surface area contributed by atoms with Gasteiger partial charge < -0.3 is 4.42 Å². The number of aromatic nitrogens is 4. The number of nitrogens with zero attached hydrogens (tertiary/aromatic N) is 4. The van der Waals surface area contributed by atoms with Gasteiger partial charge in [0.25, 0.3) is 5.56 Å². The number of aryl methyl sites for hydroxylation is 1. The first kappa shape index (κ1) is 20.6. The summed E-state index contributed by atoms with van der Waals surface area (Å²) in [6.45, 7) is 6.09. The molecule has 2 aromatic carbocycles. The summed E-state index contributed by atoms with van der Waals surface area (Å²) in [4.78, 5) is 18.1. The highest BCUT2D eigenvalue weighted by atomic mass is 35.5. The van der Waals surface area contributed by atoms with E-state index in [0.29, 0.717) is 44.5 Å². The van der Waals surface area contributed by atoms with E-state index < -0.39 is 0 Å². The van der Waals surface area contributed by atoms with Gasteiger partial charge in [-0.15, -0.1) is 10.2 Å². The first-order valence-electron chi connectivity index (χ1n) is 9.70. The third-order valence-corrected chi connectivity index (χ3v) is 6.18. The average molecular weight is 441 g/mol. The summed E-state index contributed by atoms with van der Waals surface area (Å²) in [6, 6.07) is 13.2. The van der Waals surface area contributed by atoms with Crippen molar-refractivity contribution in [2.75, 3.05) is 0 Å². The Hall–Kier alpha value is -2.64. The summed E-state index contributed by atoms with van der Waals surface area (Å²) in [5.41, 5.74) is 2.43. The van der Waals surface area contributed by atoms with Crippen molar-refractivity contribution in [3.05, 3.63) is 75.2 Å². The van der Waals surface area contributed by atoms with Crippen molar-refractivity contribution in [3.8, 4) is 5.69 Å². The van der Waals surface area contributed by atoms with Crippen LogP contribution in [-0.2, 0) is 5.75 Å². The predicted octanol–water partition coefficient (Wildman–Crippen LogP) is 5.54. The van der Waals surface area contributed by atoms with Crippen LogP contribution in [-0.4, -0.2) is 19.7 Å². The molecule has 0 saturated carbocycles. The Morgan fingerprint density at radius 1 is 1.17 bits per heavy atom. The summed E-state index contributed by atoms with van der Waals surface area (Å²) in [6.07, 6.45) is 1.06. The van der Waals surface area contributed by atoms with E-state index >= 15 is 0 Å². The lowest BCUT2D eigenvalue weighted by Crippen LogP contribution is -2.21. The highest BCUT2D eigenvalue weighted by Crippen LogP contribution is 2.26. The maximum atomic E-state index is 13.4. The van der Waals surface area contributed by atoms with Gasteiger partial charge in [0, 0.05) is 11.9 Å². The zero-order valence-electron chi connectivity index (χ0n) is 16.9. The van der Waals surface area contributed by atoms with Crippen molar-refractivity contribution in [1.82, 2.24) is 19.7 Å². The molecule has 0 aliphatic carbocycles. The number of hydrogen-bond donors (Lipinski definition) is 0. The Bertz CT molecular complexity index is 1250. The topological polar surface area (TPSA) is 73.8 Å². The third kappa shape index (κ3) is 4.13. The summed E-state index contributed by atoms with van der Waals surface area (Å²) in [5.74, 6) is 1.86. The number of hydrogen-bond acceptors (Lipinski definition) is 6. The van der Waals surface area contributed by atoms with Crippen LogP contribution < -0.4 is 5.56 Å². The Balaban J connectivity index is 1.82. The molecule has 2 heterocycles. The number of fused-ring (bicyclic) bond motifs is 1. The Labute approximate surface area is 183 Å². The second kappa shape index (κ2) is 8.62. The molecule has 6 nitrogen and oxygen atoms in total. The van der Waals surface area contributed by atoms with Crippen molar-refractivity contribution >= 4 is 34.3 Å². The van der Waals surface area contributed by atoms with Gasteiger partial charge in [0.1, 0.15) is 0 Å². The van der Waals surface area contributed by atoms with E-state index in [1.807, 2.05) is 12.1 Å². The van der Waals surface area contributed by atoms with Crippen LogP contribution in [0.2, 0.25) is 5.02 Å². The van der Waals surface area contributed by atoms with Crippen molar-refractivity contribution < 1.29 is 4.42 Å². The van der Waals surface area contributed by atoms with E-state index in [1.54, 1.807) is 29.7 Å². The fraction of sp³-hybridized carbons (Fsp3) is 0.273. The van der Waals surface area contributed by atoms with E-state index in [1.165, 1.54) is 17.3 Å². The molecule has 8 heteroatoms. The molecule has 2 aromatic heterocycles. The molecule has 0 radical (unpaired) electrons. The molecule has 0 aliphatic rings. The van der Waals surface area contributed by atoms with Crippen LogP contribution in [0.1, 0.15) is 43.5 Å². The molecule has 1 atom stereocenters. The highest BCUT2D eigenvalue weighted by Gasteiger charge is 2.16. The predicted molar refractivity (Wildman–Crippen MR) is 120 cm³/mol. The molecule has 4 aromatic rings. The Morgan fingerprint density at radius 2 is 1.93 bits per heavy atom. The maximum Gasteiger partial charge on any atom is 0.266 e. The van der Waals surface area contributed by atoms with Crippen LogP contribution in [0, 0.1) is 6.92 Å². The molecule has 0 spiro atoms. The van der Waals surface area contributed by atoms with E-state index in [-0.39, 0.29) is 5.56 Å². The zero-order valence-corrected chi connectivity index (χ0v) is 18.5. The fourth-order valence-corrected chi connectivity index (χ4v) is 4.19. The SMILES string of the molecule is CCC(C)c1ccc(-n2c(SCc3nnc(C)o3)nc3ccc(Cl)cc3c2=O)cc1. The normalized spacial score (nSPS) is 12.4. The fourth-order valence-electron chi connectivity index (χ4n) is 3.17. The molecular weight excluding hydrogens is 420 g/mol. The van der Waals surface area contributed by atoms with Crippen LogP contribution in [0.3, 0.4) is 0 Å². The minimum Gasteiger partial charge on any atom is -0.425 e. The number of thioether (sulfide) groups is 1. The quantitative estimate of drug-likeness (QED) is 0.289. The van der Waals surface area contributed by atoms with Gasteiger partial charge >= 0.3 is 0 Å². The number of rotatable bonds is 6. The van der Waals surface area contributed by atoms with Gasteiger partial charge in [-0.05, 0) is 48.2 Å². The van der Waals surface area contributed by atoms with Gasteiger partial charge in [-0.2, -0.15) is 0 Å². The van der Waals surface area contributed by atoms with Crippen LogP contribution in [0.15, 0.2) is 56.8 Å². The van der Waals surface area contributed by atoms with Crippen LogP contribution >= 0.6 is 23.4 Å². The Morgan fingerprint density at radius 3 is 2.60 bits per heavy atom. The molecule has 1 unspecified atom stereocenters. The molecule has 0 bridgehead atoms. The van der Waals surface area contributed by atoms with Crippen LogP contribution in [0.4, 0.5) is 0 Å². The van der Waals surface area contributed by atoms with Crippen molar-refractivity contribution in [1.29, 1.82) is 0 Å². The van der Waals surface area contributed by atoms with Gasteiger partial charge in [-0.3, -0.25) is 9.36 Å². The lowest BCUT2D eigenvalue weighted by Gasteiger charge is -2.14. The summed E-state index contributed by atoms with van der Waals surface area (Å²) in [5, 5.41) is 9.42. The zero-order chi connectivity index (χ0) is 21.3. The largest absolute Gasteiger partial charge is 0.425 e. The maximum absolute atomic E-state index is 13.4. The highest BCUT2D eigenvalue weighted by molar-refractivity contribution is 7.98. The lowest BCUT2D eigenvalue weighted by atomic mass is 9.98. The first-order valence-corrected chi connectivity index (χ1v) is 11.1. The molecule has 154 valence electrons. The lowest BCUT2D eigenvalue weighted by molar-refractivity contribution is 0.485. The van der Waals surface area contributed by atoms with Crippen molar-refractivity contribution in [3.63, 3.8) is 0 Å². The van der Waals surface area contributed by atoms with Gasteiger partial charge in [0.05, 0.1) is 22.3 Å². The van der Waals surface area contributed by atoms with Gasteiger partial charge in [0.15, 0.2) is 5.16 Å². The molecule has 4 rings (SSSR count). The molecule has 30 heavy (non-hydrogen) atoms. The molecule has 0 fully saturated rings. The summed E-state index contributed by atoms with van der Waals surface area (Å²) < 4.78 is 7.08. The smallest absolute Gasteiger partial charge is 0.266 e. The first-order chi connectivity index (χ1) is 14.5. The van der Waals surface area contributed by atoms with Crippen molar-refractivity contribution in [2.45, 2.75) is 44.0 Å². The van der Waals surface area contributed by atoms with Crippen LogP contribution in [0.25, 0.3) is 16.6 Å². The summed E-state index contributed by atoms with van der Waals surface area (Å²) >= 11 is 7.51. The third-order valence-electron chi connectivity index (χ3n) is 5.02. The molecule has 0 amide bonds. The van der Waals surface area contributed by atoms with Gasteiger partial charge in [-0.1, -0.05) is 49.3 Å². The summed E-state index contributed by atoms with van der Waals surface area (Å²) in [7, 11) is 0. The van der Waals surface area contributed by atoms with E-state index in [4.69, 9.17) is 21.0 Å². The van der Waals surface area contributed by atoms with E-state index in [2.05, 4.69) is 36.2 Å². The number of benzene rings is 2. The van der Waals surface area contributed by atoms with Crippen molar-refractivity contribution in [2.24, 2.45) is 0 Å². The molecule has 0 aliphatic heterocycles.